The molecule has 0 aromatic carbocycles. The third kappa shape index (κ3) is 2.67. The van der Waals surface area contributed by atoms with Crippen molar-refractivity contribution in [3.05, 3.63) is 0 Å². The van der Waals surface area contributed by atoms with E-state index in [0.29, 0.717) is 0 Å². The average Bonchev–Trinajstić information content (AvgIpc) is 1.72. The van der Waals surface area contributed by atoms with Gasteiger partial charge in [0.05, 0.1) is 0 Å². The topological polar surface area (TPSA) is 0 Å². The summed E-state index contributed by atoms with van der Waals surface area (Å²) in [5, 5.41) is 0. The van der Waals surface area contributed by atoms with E-state index >= 15 is 0 Å². The highest BCUT2D eigenvalue weighted by atomic mass is 14.0. The van der Waals surface area contributed by atoms with Gasteiger partial charge in [0.25, 0.3) is 0 Å². The molecule has 0 aliphatic heterocycles. The van der Waals surface area contributed by atoms with Crippen molar-refractivity contribution < 1.29 is 0 Å². The summed E-state index contributed by atoms with van der Waals surface area (Å²) in [6.45, 7) is 0. The van der Waals surface area contributed by atoms with Crippen LogP contribution in [0.3, 0.4) is 0 Å². The molecule has 0 bridgehead atoms. The SMILES string of the molecule is C.C1CCCCC1. The van der Waals surface area contributed by atoms with E-state index in [0.717, 1.165) is 0 Å². The maximum absolute atomic E-state index is 1.50. The molecule has 0 radical (unpaired) electrons. The minimum atomic E-state index is 0. The Morgan fingerprint density at radius 2 is 0.571 bits per heavy atom. The van der Waals surface area contributed by atoms with Crippen molar-refractivity contribution in [1.29, 1.82) is 0 Å². The summed E-state index contributed by atoms with van der Waals surface area (Å²) in [4.78, 5) is 0. The molecule has 1 fully saturated rings. The Balaban J connectivity index is 0.000000360. The molecule has 0 nitrogen and oxygen atoms in total. The first-order chi connectivity index (χ1) is 3.00. The van der Waals surface area contributed by atoms with E-state index in [1.165, 1.54) is 38.5 Å². The van der Waals surface area contributed by atoms with Crippen LogP contribution in [-0.2, 0) is 0 Å². The van der Waals surface area contributed by atoms with Crippen molar-refractivity contribution in [2.24, 2.45) is 0 Å². The monoisotopic (exact) mass is 100 g/mol. The van der Waals surface area contributed by atoms with Crippen LogP contribution in [0.1, 0.15) is 46.0 Å². The smallest absolute Gasteiger partial charge is 0.0533 e. The van der Waals surface area contributed by atoms with Gasteiger partial charge in [-0.2, -0.15) is 0 Å². The molecule has 1 saturated carbocycles. The van der Waals surface area contributed by atoms with Gasteiger partial charge < -0.3 is 0 Å². The third-order valence-corrected chi connectivity index (χ3v) is 1.50. The summed E-state index contributed by atoms with van der Waals surface area (Å²) in [5.41, 5.74) is 0. The summed E-state index contributed by atoms with van der Waals surface area (Å²) >= 11 is 0. The second kappa shape index (κ2) is 4.17. The number of hydrogen-bond donors (Lipinski definition) is 0. The molecular weight excluding hydrogens is 84.1 g/mol. The summed E-state index contributed by atoms with van der Waals surface area (Å²) in [6.07, 6.45) is 9.00. The average molecular weight is 100 g/mol. The second-order valence-electron chi connectivity index (χ2n) is 2.12. The number of rotatable bonds is 0. The van der Waals surface area contributed by atoms with Crippen molar-refractivity contribution in [2.75, 3.05) is 0 Å². The van der Waals surface area contributed by atoms with Crippen LogP contribution in [0.25, 0.3) is 0 Å². The van der Waals surface area contributed by atoms with Gasteiger partial charge >= 0.3 is 0 Å². The van der Waals surface area contributed by atoms with Crippen LogP contribution in [0.15, 0.2) is 0 Å². The predicted octanol–water partition coefficient (Wildman–Crippen LogP) is 2.98. The first-order valence-electron chi connectivity index (χ1n) is 3.00. The Hall–Kier alpha value is 0. The molecule has 1 aliphatic carbocycles. The highest BCUT2D eigenvalue weighted by molar-refractivity contribution is 4.51. The van der Waals surface area contributed by atoms with Crippen LogP contribution in [0.2, 0.25) is 0 Å². The van der Waals surface area contributed by atoms with Gasteiger partial charge in [-0.1, -0.05) is 46.0 Å². The summed E-state index contributed by atoms with van der Waals surface area (Å²) in [6, 6.07) is 0. The zero-order chi connectivity index (χ0) is 4.24. The van der Waals surface area contributed by atoms with Gasteiger partial charge in [0.1, 0.15) is 0 Å². The third-order valence-electron chi connectivity index (χ3n) is 1.50. The van der Waals surface area contributed by atoms with Crippen molar-refractivity contribution in [3.8, 4) is 0 Å². The Kier molecular flexibility index (Phi) is 4.17. The van der Waals surface area contributed by atoms with Crippen LogP contribution in [0, 0.1) is 0 Å². The molecule has 0 atom stereocenters. The normalized spacial score (nSPS) is 20.6. The molecule has 0 heterocycles. The first kappa shape index (κ1) is 7.00. The Labute approximate surface area is 46.9 Å². The van der Waals surface area contributed by atoms with E-state index in [-0.39, 0.29) is 7.43 Å². The standard InChI is InChI=1S/C6H12.CH4/c1-2-4-6-5-3-1;/h1-6H2;1H4. The van der Waals surface area contributed by atoms with Crippen molar-refractivity contribution in [2.45, 2.75) is 46.0 Å². The zero-order valence-electron chi connectivity index (χ0n) is 4.24. The molecular formula is C7H16. The van der Waals surface area contributed by atoms with E-state index in [1.54, 1.807) is 0 Å². The maximum Gasteiger partial charge on any atom is -0.0533 e. The maximum atomic E-state index is 1.50. The quantitative estimate of drug-likeness (QED) is 0.439. The molecule has 1 aliphatic rings. The second-order valence-corrected chi connectivity index (χ2v) is 2.12. The summed E-state index contributed by atoms with van der Waals surface area (Å²) in [5.74, 6) is 0. The Bertz CT molecular complexity index is 15.5. The summed E-state index contributed by atoms with van der Waals surface area (Å²) < 4.78 is 0. The fourth-order valence-electron chi connectivity index (χ4n) is 1.06. The Morgan fingerprint density at radius 3 is 0.714 bits per heavy atom. The first-order valence-corrected chi connectivity index (χ1v) is 3.00. The fraction of sp³-hybridized carbons (Fsp3) is 1.00. The lowest BCUT2D eigenvalue weighted by Crippen LogP contribution is -1.85. The van der Waals surface area contributed by atoms with E-state index in [1.807, 2.05) is 0 Å². The minimum absolute atomic E-state index is 0. The van der Waals surface area contributed by atoms with Gasteiger partial charge in [-0.3, -0.25) is 0 Å². The van der Waals surface area contributed by atoms with Crippen molar-refractivity contribution in [3.63, 3.8) is 0 Å². The molecule has 7 heavy (non-hydrogen) atoms. The van der Waals surface area contributed by atoms with Gasteiger partial charge in [-0.05, 0) is 0 Å². The molecule has 44 valence electrons. The highest BCUT2D eigenvalue weighted by Gasteiger charge is 1.95. The molecule has 0 unspecified atom stereocenters. The van der Waals surface area contributed by atoms with Gasteiger partial charge in [-0.25, -0.2) is 0 Å². The molecule has 0 spiro atoms. The predicted molar refractivity (Wildman–Crippen MR) is 34.4 cm³/mol. The fourth-order valence-corrected chi connectivity index (χ4v) is 1.06. The van der Waals surface area contributed by atoms with Crippen LogP contribution >= 0.6 is 0 Å². The largest absolute Gasteiger partial charge is 0.0776 e. The zero-order valence-corrected chi connectivity index (χ0v) is 4.24. The van der Waals surface area contributed by atoms with Crippen LogP contribution in [-0.4, -0.2) is 0 Å². The molecule has 0 heteroatoms. The van der Waals surface area contributed by atoms with Crippen LogP contribution in [0.5, 0.6) is 0 Å². The molecule has 0 aromatic rings. The highest BCUT2D eigenvalue weighted by Crippen LogP contribution is 2.15. The van der Waals surface area contributed by atoms with Crippen LogP contribution in [0.4, 0.5) is 0 Å². The van der Waals surface area contributed by atoms with Gasteiger partial charge in [-0.15, -0.1) is 0 Å². The van der Waals surface area contributed by atoms with Crippen LogP contribution < -0.4 is 0 Å². The minimum Gasteiger partial charge on any atom is -0.0776 e. The Morgan fingerprint density at radius 1 is 0.429 bits per heavy atom. The van der Waals surface area contributed by atoms with Crippen molar-refractivity contribution >= 4 is 0 Å². The van der Waals surface area contributed by atoms with E-state index in [4.69, 9.17) is 0 Å². The molecule has 0 amide bonds. The van der Waals surface area contributed by atoms with E-state index in [9.17, 15) is 0 Å². The summed E-state index contributed by atoms with van der Waals surface area (Å²) in [7, 11) is 0. The molecule has 1 rings (SSSR count). The van der Waals surface area contributed by atoms with E-state index < -0.39 is 0 Å². The molecule has 0 N–H and O–H groups in total. The van der Waals surface area contributed by atoms with Gasteiger partial charge in [0, 0.05) is 0 Å². The van der Waals surface area contributed by atoms with E-state index in [2.05, 4.69) is 0 Å². The molecule has 0 saturated heterocycles. The van der Waals surface area contributed by atoms with Crippen molar-refractivity contribution in [1.82, 2.24) is 0 Å². The lowest BCUT2D eigenvalue weighted by molar-refractivity contribution is 0.504. The van der Waals surface area contributed by atoms with Gasteiger partial charge in [0.2, 0.25) is 0 Å². The lowest BCUT2D eigenvalue weighted by atomic mass is 10.0. The number of hydrogen-bond acceptors (Lipinski definition) is 0. The molecule has 0 aromatic heterocycles. The van der Waals surface area contributed by atoms with Gasteiger partial charge in [0.15, 0.2) is 0 Å². The lowest BCUT2D eigenvalue weighted by Gasteiger charge is -2.05.